The van der Waals surface area contributed by atoms with E-state index in [9.17, 15) is 4.39 Å². The second-order valence-corrected chi connectivity index (χ2v) is 5.71. The standard InChI is InChI=1S/C19H20FN3/c1-15(18-3-2-4-19(20)11-18)22-12-16-5-7-17(8-6-16)13-23-10-9-21-14-23/h2-11,14-15,22H,12-13H2,1H3/t15-/m0/s1. The smallest absolute Gasteiger partial charge is 0.123 e. The van der Waals surface area contributed by atoms with Gasteiger partial charge >= 0.3 is 0 Å². The maximum absolute atomic E-state index is 13.3. The summed E-state index contributed by atoms with van der Waals surface area (Å²) in [6.07, 6.45) is 5.55. The third-order valence-corrected chi connectivity index (χ3v) is 3.91. The van der Waals surface area contributed by atoms with Gasteiger partial charge in [0.05, 0.1) is 6.33 Å². The normalized spacial score (nSPS) is 12.3. The fourth-order valence-corrected chi connectivity index (χ4v) is 2.52. The first kappa shape index (κ1) is 15.4. The molecule has 0 unspecified atom stereocenters. The molecule has 0 saturated carbocycles. The molecule has 3 nitrogen and oxygen atoms in total. The van der Waals surface area contributed by atoms with E-state index in [1.807, 2.05) is 30.1 Å². The number of hydrogen-bond acceptors (Lipinski definition) is 2. The summed E-state index contributed by atoms with van der Waals surface area (Å²) < 4.78 is 15.3. The topological polar surface area (TPSA) is 29.9 Å². The average molecular weight is 309 g/mol. The van der Waals surface area contributed by atoms with Crippen LogP contribution in [0.3, 0.4) is 0 Å². The third kappa shape index (κ3) is 4.27. The monoisotopic (exact) mass is 309 g/mol. The molecule has 3 rings (SSSR count). The van der Waals surface area contributed by atoms with Crippen LogP contribution in [-0.2, 0) is 13.1 Å². The van der Waals surface area contributed by atoms with E-state index in [4.69, 9.17) is 0 Å². The van der Waals surface area contributed by atoms with Gasteiger partial charge in [-0.1, -0.05) is 36.4 Å². The fraction of sp³-hybridized carbons (Fsp3) is 0.211. The van der Waals surface area contributed by atoms with E-state index in [2.05, 4.69) is 34.6 Å². The molecule has 0 aliphatic carbocycles. The lowest BCUT2D eigenvalue weighted by Gasteiger charge is -2.14. The van der Waals surface area contributed by atoms with E-state index in [1.54, 1.807) is 18.3 Å². The Hall–Kier alpha value is -2.46. The van der Waals surface area contributed by atoms with Crippen molar-refractivity contribution in [2.24, 2.45) is 0 Å². The Morgan fingerprint density at radius 2 is 1.91 bits per heavy atom. The number of aromatic nitrogens is 2. The Kier molecular flexibility index (Phi) is 4.83. The highest BCUT2D eigenvalue weighted by Gasteiger charge is 2.05. The Balaban J connectivity index is 1.56. The van der Waals surface area contributed by atoms with Crippen molar-refractivity contribution in [3.63, 3.8) is 0 Å². The number of benzene rings is 2. The molecule has 0 fully saturated rings. The van der Waals surface area contributed by atoms with E-state index in [0.717, 1.165) is 18.7 Å². The molecule has 2 aromatic carbocycles. The van der Waals surface area contributed by atoms with Crippen LogP contribution in [0.2, 0.25) is 0 Å². The zero-order valence-corrected chi connectivity index (χ0v) is 13.1. The van der Waals surface area contributed by atoms with E-state index in [0.29, 0.717) is 0 Å². The lowest BCUT2D eigenvalue weighted by atomic mass is 10.1. The minimum atomic E-state index is -0.194. The summed E-state index contributed by atoms with van der Waals surface area (Å²) in [5.74, 6) is -0.194. The number of imidazole rings is 1. The van der Waals surface area contributed by atoms with Gasteiger partial charge < -0.3 is 9.88 Å². The zero-order chi connectivity index (χ0) is 16.1. The molecule has 4 heteroatoms. The molecule has 0 saturated heterocycles. The minimum Gasteiger partial charge on any atom is -0.333 e. The van der Waals surface area contributed by atoms with Crippen LogP contribution in [0.4, 0.5) is 4.39 Å². The Labute approximate surface area is 135 Å². The summed E-state index contributed by atoms with van der Waals surface area (Å²) in [5.41, 5.74) is 3.41. The van der Waals surface area contributed by atoms with Gasteiger partial charge in [-0.3, -0.25) is 0 Å². The van der Waals surface area contributed by atoms with Gasteiger partial charge in [0.25, 0.3) is 0 Å². The fourth-order valence-electron chi connectivity index (χ4n) is 2.52. The number of nitrogens with zero attached hydrogens (tertiary/aromatic N) is 2. The molecular formula is C19H20FN3. The van der Waals surface area contributed by atoms with E-state index >= 15 is 0 Å². The lowest BCUT2D eigenvalue weighted by molar-refractivity contribution is 0.565. The van der Waals surface area contributed by atoms with Gasteiger partial charge in [-0.05, 0) is 35.7 Å². The summed E-state index contributed by atoms with van der Waals surface area (Å²) in [4.78, 5) is 4.05. The van der Waals surface area contributed by atoms with Crippen LogP contribution >= 0.6 is 0 Å². The lowest BCUT2D eigenvalue weighted by Crippen LogP contribution is -2.18. The summed E-state index contributed by atoms with van der Waals surface area (Å²) in [5, 5.41) is 3.43. The van der Waals surface area contributed by atoms with Crippen LogP contribution < -0.4 is 5.32 Å². The molecule has 0 aliphatic heterocycles. The summed E-state index contributed by atoms with van der Waals surface area (Å²) >= 11 is 0. The van der Waals surface area contributed by atoms with Crippen LogP contribution in [0, 0.1) is 5.82 Å². The van der Waals surface area contributed by atoms with Crippen molar-refractivity contribution < 1.29 is 4.39 Å². The molecule has 0 spiro atoms. The molecular weight excluding hydrogens is 289 g/mol. The predicted octanol–water partition coefficient (Wildman–Crippen LogP) is 3.92. The first-order chi connectivity index (χ1) is 11.2. The van der Waals surface area contributed by atoms with E-state index < -0.39 is 0 Å². The molecule has 1 atom stereocenters. The molecule has 1 heterocycles. The number of nitrogens with one attached hydrogen (secondary N) is 1. The number of hydrogen-bond donors (Lipinski definition) is 1. The Bertz CT molecular complexity index is 736. The van der Waals surface area contributed by atoms with Gasteiger partial charge in [-0.15, -0.1) is 0 Å². The summed E-state index contributed by atoms with van der Waals surface area (Å²) in [7, 11) is 0. The highest BCUT2D eigenvalue weighted by atomic mass is 19.1. The van der Waals surface area contributed by atoms with Crippen molar-refractivity contribution in [2.45, 2.75) is 26.1 Å². The van der Waals surface area contributed by atoms with Crippen LogP contribution in [0.15, 0.2) is 67.3 Å². The summed E-state index contributed by atoms with van der Waals surface area (Å²) in [6, 6.07) is 15.3. The second-order valence-electron chi connectivity index (χ2n) is 5.71. The molecule has 0 bridgehead atoms. The van der Waals surface area contributed by atoms with Gasteiger partial charge in [0, 0.05) is 31.5 Å². The van der Waals surface area contributed by atoms with E-state index in [-0.39, 0.29) is 11.9 Å². The van der Waals surface area contributed by atoms with Gasteiger partial charge in [0.1, 0.15) is 5.82 Å². The molecule has 3 aromatic rings. The van der Waals surface area contributed by atoms with Crippen LogP contribution in [0.5, 0.6) is 0 Å². The first-order valence-corrected chi connectivity index (χ1v) is 7.73. The first-order valence-electron chi connectivity index (χ1n) is 7.73. The van der Waals surface area contributed by atoms with Gasteiger partial charge in [0.15, 0.2) is 0 Å². The number of rotatable bonds is 6. The Morgan fingerprint density at radius 3 is 2.61 bits per heavy atom. The van der Waals surface area contributed by atoms with Crippen LogP contribution in [-0.4, -0.2) is 9.55 Å². The molecule has 0 amide bonds. The molecule has 23 heavy (non-hydrogen) atoms. The maximum Gasteiger partial charge on any atom is 0.123 e. The van der Waals surface area contributed by atoms with E-state index in [1.165, 1.54) is 17.2 Å². The van der Waals surface area contributed by atoms with Gasteiger partial charge in [0.2, 0.25) is 0 Å². The van der Waals surface area contributed by atoms with Crippen LogP contribution in [0.25, 0.3) is 0 Å². The molecule has 1 aromatic heterocycles. The quantitative estimate of drug-likeness (QED) is 0.748. The minimum absolute atomic E-state index is 0.108. The predicted molar refractivity (Wildman–Crippen MR) is 89.4 cm³/mol. The molecule has 1 N–H and O–H groups in total. The molecule has 118 valence electrons. The van der Waals surface area contributed by atoms with Crippen molar-refractivity contribution in [1.82, 2.24) is 14.9 Å². The highest BCUT2D eigenvalue weighted by Crippen LogP contribution is 2.14. The summed E-state index contributed by atoms with van der Waals surface area (Å²) in [6.45, 7) is 3.62. The Morgan fingerprint density at radius 1 is 1.13 bits per heavy atom. The van der Waals surface area contributed by atoms with Crippen LogP contribution in [0.1, 0.15) is 29.7 Å². The van der Waals surface area contributed by atoms with Crippen molar-refractivity contribution in [3.8, 4) is 0 Å². The average Bonchev–Trinajstić information content (AvgIpc) is 3.07. The number of halogens is 1. The van der Waals surface area contributed by atoms with Crippen molar-refractivity contribution >= 4 is 0 Å². The SMILES string of the molecule is C[C@H](NCc1ccc(Cn2ccnc2)cc1)c1cccc(F)c1. The van der Waals surface area contributed by atoms with Crippen molar-refractivity contribution in [2.75, 3.05) is 0 Å². The zero-order valence-electron chi connectivity index (χ0n) is 13.1. The van der Waals surface area contributed by atoms with Crippen molar-refractivity contribution in [3.05, 3.63) is 89.8 Å². The highest BCUT2D eigenvalue weighted by molar-refractivity contribution is 5.24. The van der Waals surface area contributed by atoms with Gasteiger partial charge in [-0.25, -0.2) is 9.37 Å². The molecule has 0 radical (unpaired) electrons. The molecule has 0 aliphatic rings. The second kappa shape index (κ2) is 7.20. The van der Waals surface area contributed by atoms with Gasteiger partial charge in [-0.2, -0.15) is 0 Å². The van der Waals surface area contributed by atoms with Crippen molar-refractivity contribution in [1.29, 1.82) is 0 Å². The maximum atomic E-state index is 13.3. The largest absolute Gasteiger partial charge is 0.333 e. The third-order valence-electron chi connectivity index (χ3n) is 3.91.